The summed E-state index contributed by atoms with van der Waals surface area (Å²) in [7, 11) is 0. The SMILES string of the molecule is c1cn(CNn2ccnc2)cn1. The summed E-state index contributed by atoms with van der Waals surface area (Å²) in [6, 6.07) is 0. The molecule has 0 aromatic carbocycles. The maximum absolute atomic E-state index is 3.92. The van der Waals surface area contributed by atoms with Crippen LogP contribution in [0.15, 0.2) is 37.4 Å². The summed E-state index contributed by atoms with van der Waals surface area (Å²) in [5.41, 5.74) is 3.10. The molecule has 0 radical (unpaired) electrons. The Morgan fingerprint density at radius 3 is 2.58 bits per heavy atom. The van der Waals surface area contributed by atoms with Crippen LogP contribution in [0.5, 0.6) is 0 Å². The van der Waals surface area contributed by atoms with Crippen LogP contribution in [-0.2, 0) is 6.67 Å². The monoisotopic (exact) mass is 163 g/mol. The van der Waals surface area contributed by atoms with Crippen molar-refractivity contribution in [2.24, 2.45) is 0 Å². The highest BCUT2D eigenvalue weighted by molar-refractivity contribution is 4.81. The first-order chi connectivity index (χ1) is 5.95. The summed E-state index contributed by atoms with van der Waals surface area (Å²) in [6.07, 6.45) is 10.7. The highest BCUT2D eigenvalue weighted by atomic mass is 15.4. The molecule has 2 aromatic rings. The molecule has 1 N–H and O–H groups in total. The van der Waals surface area contributed by atoms with Gasteiger partial charge in [0, 0.05) is 24.8 Å². The van der Waals surface area contributed by atoms with Gasteiger partial charge in [0.2, 0.25) is 0 Å². The Labute approximate surface area is 69.7 Å². The van der Waals surface area contributed by atoms with Crippen molar-refractivity contribution in [2.45, 2.75) is 6.67 Å². The van der Waals surface area contributed by atoms with E-state index in [0.717, 1.165) is 0 Å². The van der Waals surface area contributed by atoms with Crippen LogP contribution in [-0.4, -0.2) is 19.2 Å². The molecule has 0 aliphatic heterocycles. The molecule has 12 heavy (non-hydrogen) atoms. The van der Waals surface area contributed by atoms with Crippen molar-refractivity contribution in [3.05, 3.63) is 37.4 Å². The van der Waals surface area contributed by atoms with Gasteiger partial charge in [-0.05, 0) is 0 Å². The molecule has 0 aliphatic carbocycles. The molecule has 0 saturated heterocycles. The zero-order valence-corrected chi connectivity index (χ0v) is 6.46. The molecule has 0 aliphatic rings. The van der Waals surface area contributed by atoms with Gasteiger partial charge in [-0.3, -0.25) is 4.68 Å². The summed E-state index contributed by atoms with van der Waals surface area (Å²) < 4.78 is 3.72. The summed E-state index contributed by atoms with van der Waals surface area (Å²) in [6.45, 7) is 0.691. The molecule has 0 fully saturated rings. The van der Waals surface area contributed by atoms with Crippen LogP contribution >= 0.6 is 0 Å². The first-order valence-corrected chi connectivity index (χ1v) is 3.63. The molecule has 2 rings (SSSR count). The van der Waals surface area contributed by atoms with Crippen LogP contribution in [0.25, 0.3) is 0 Å². The zero-order valence-electron chi connectivity index (χ0n) is 6.46. The number of hydrogen-bond donors (Lipinski definition) is 1. The first kappa shape index (κ1) is 6.90. The number of aromatic nitrogens is 4. The Balaban J connectivity index is 1.91. The van der Waals surface area contributed by atoms with E-state index in [1.54, 1.807) is 29.7 Å². The van der Waals surface area contributed by atoms with E-state index in [1.807, 2.05) is 17.0 Å². The summed E-state index contributed by atoms with van der Waals surface area (Å²) in [4.78, 5) is 7.82. The Hall–Kier alpha value is -1.78. The van der Waals surface area contributed by atoms with Crippen molar-refractivity contribution in [1.29, 1.82) is 0 Å². The van der Waals surface area contributed by atoms with E-state index in [0.29, 0.717) is 6.67 Å². The smallest absolute Gasteiger partial charge is 0.114 e. The van der Waals surface area contributed by atoms with Gasteiger partial charge in [-0.2, -0.15) is 0 Å². The van der Waals surface area contributed by atoms with Gasteiger partial charge in [0.05, 0.1) is 6.33 Å². The lowest BCUT2D eigenvalue weighted by molar-refractivity contribution is 0.681. The predicted molar refractivity (Wildman–Crippen MR) is 43.8 cm³/mol. The fraction of sp³-hybridized carbons (Fsp3) is 0.143. The van der Waals surface area contributed by atoms with Gasteiger partial charge in [0.1, 0.15) is 13.0 Å². The highest BCUT2D eigenvalue weighted by Gasteiger charge is 1.87. The lowest BCUT2D eigenvalue weighted by Gasteiger charge is -2.06. The minimum atomic E-state index is 0.691. The molecule has 2 heterocycles. The molecule has 0 saturated carbocycles. The fourth-order valence-electron chi connectivity index (χ4n) is 0.896. The average molecular weight is 163 g/mol. The lowest BCUT2D eigenvalue weighted by Crippen LogP contribution is -2.15. The number of hydrogen-bond acceptors (Lipinski definition) is 3. The first-order valence-electron chi connectivity index (χ1n) is 3.63. The Morgan fingerprint density at radius 2 is 1.92 bits per heavy atom. The topological polar surface area (TPSA) is 47.7 Å². The third kappa shape index (κ3) is 1.45. The summed E-state index contributed by atoms with van der Waals surface area (Å²) in [5, 5.41) is 0. The van der Waals surface area contributed by atoms with Crippen LogP contribution in [0.4, 0.5) is 0 Å². The van der Waals surface area contributed by atoms with Crippen molar-refractivity contribution < 1.29 is 0 Å². The van der Waals surface area contributed by atoms with Gasteiger partial charge in [-0.25, -0.2) is 9.97 Å². The second kappa shape index (κ2) is 3.08. The lowest BCUT2D eigenvalue weighted by atomic mass is 10.9. The van der Waals surface area contributed by atoms with Crippen molar-refractivity contribution >= 4 is 0 Å². The normalized spacial score (nSPS) is 10.0. The van der Waals surface area contributed by atoms with E-state index in [-0.39, 0.29) is 0 Å². The van der Waals surface area contributed by atoms with Crippen molar-refractivity contribution in [3.8, 4) is 0 Å². The molecule has 2 aromatic heterocycles. The quantitative estimate of drug-likeness (QED) is 0.707. The molecule has 0 amide bonds. The van der Waals surface area contributed by atoms with Crippen LogP contribution in [0.3, 0.4) is 0 Å². The second-order valence-electron chi connectivity index (χ2n) is 2.36. The summed E-state index contributed by atoms with van der Waals surface area (Å²) >= 11 is 0. The molecule has 0 unspecified atom stereocenters. The third-order valence-corrected chi connectivity index (χ3v) is 1.50. The van der Waals surface area contributed by atoms with Gasteiger partial charge in [0.15, 0.2) is 0 Å². The Bertz CT molecular complexity index is 275. The van der Waals surface area contributed by atoms with Crippen molar-refractivity contribution in [3.63, 3.8) is 0 Å². The van der Waals surface area contributed by atoms with Gasteiger partial charge in [-0.15, -0.1) is 0 Å². The van der Waals surface area contributed by atoms with Gasteiger partial charge >= 0.3 is 0 Å². The zero-order chi connectivity index (χ0) is 8.23. The van der Waals surface area contributed by atoms with E-state index in [2.05, 4.69) is 15.4 Å². The average Bonchev–Trinajstić information content (AvgIpc) is 2.74. The van der Waals surface area contributed by atoms with E-state index in [1.165, 1.54) is 0 Å². The van der Waals surface area contributed by atoms with Gasteiger partial charge < -0.3 is 9.99 Å². The Morgan fingerprint density at radius 1 is 1.08 bits per heavy atom. The molecule has 5 heteroatoms. The maximum atomic E-state index is 3.92. The number of rotatable bonds is 3. The third-order valence-electron chi connectivity index (χ3n) is 1.50. The molecule has 0 atom stereocenters. The molecule has 5 nitrogen and oxygen atoms in total. The number of imidazole rings is 2. The number of nitrogens with zero attached hydrogens (tertiary/aromatic N) is 4. The Kier molecular flexibility index (Phi) is 1.77. The van der Waals surface area contributed by atoms with Crippen LogP contribution in [0.2, 0.25) is 0 Å². The van der Waals surface area contributed by atoms with E-state index < -0.39 is 0 Å². The molecule has 0 bridgehead atoms. The van der Waals surface area contributed by atoms with Crippen LogP contribution in [0, 0.1) is 0 Å². The molecular formula is C7H9N5. The van der Waals surface area contributed by atoms with E-state index in [4.69, 9.17) is 0 Å². The van der Waals surface area contributed by atoms with Crippen molar-refractivity contribution in [2.75, 3.05) is 5.43 Å². The van der Waals surface area contributed by atoms with Gasteiger partial charge in [0.25, 0.3) is 0 Å². The largest absolute Gasteiger partial charge is 0.318 e. The second-order valence-corrected chi connectivity index (χ2v) is 2.36. The van der Waals surface area contributed by atoms with Crippen molar-refractivity contribution in [1.82, 2.24) is 19.2 Å². The standard InChI is InChI=1S/C7H9N5/c1-3-11(5-8-1)7-10-12-4-2-9-6-12/h1-6,10H,7H2. The van der Waals surface area contributed by atoms with Crippen LogP contribution < -0.4 is 5.43 Å². The highest BCUT2D eigenvalue weighted by Crippen LogP contribution is 1.85. The number of nitrogens with one attached hydrogen (secondary N) is 1. The minimum Gasteiger partial charge on any atom is -0.318 e. The molecule has 0 spiro atoms. The van der Waals surface area contributed by atoms with E-state index in [9.17, 15) is 0 Å². The van der Waals surface area contributed by atoms with E-state index >= 15 is 0 Å². The summed E-state index contributed by atoms with van der Waals surface area (Å²) in [5.74, 6) is 0. The molecular weight excluding hydrogens is 154 g/mol. The predicted octanol–water partition coefficient (Wildman–Crippen LogP) is 0.281. The maximum Gasteiger partial charge on any atom is 0.114 e. The fourth-order valence-corrected chi connectivity index (χ4v) is 0.896. The molecule has 62 valence electrons. The van der Waals surface area contributed by atoms with Gasteiger partial charge in [-0.1, -0.05) is 0 Å². The van der Waals surface area contributed by atoms with Crippen LogP contribution in [0.1, 0.15) is 0 Å². The minimum absolute atomic E-state index is 0.691.